The molecule has 0 radical (unpaired) electrons. The fourth-order valence-electron chi connectivity index (χ4n) is 3.39. The zero-order valence-electron chi connectivity index (χ0n) is 11.5. The molecule has 2 fully saturated rings. The molecule has 2 unspecified atom stereocenters. The van der Waals surface area contributed by atoms with Gasteiger partial charge in [-0.3, -0.25) is 0 Å². The summed E-state index contributed by atoms with van der Waals surface area (Å²) in [5.74, 6) is 0. The summed E-state index contributed by atoms with van der Waals surface area (Å²) in [7, 11) is 0. The van der Waals surface area contributed by atoms with Crippen LogP contribution in [-0.2, 0) is 4.74 Å². The van der Waals surface area contributed by atoms with Crippen LogP contribution in [-0.4, -0.2) is 29.7 Å². The van der Waals surface area contributed by atoms with E-state index in [-0.39, 0.29) is 12.1 Å². The maximum atomic E-state index is 12.2. The maximum absolute atomic E-state index is 12.2. The molecule has 0 N–H and O–H groups in total. The van der Waals surface area contributed by atoms with Gasteiger partial charge < -0.3 is 9.64 Å². The highest BCUT2D eigenvalue weighted by atomic mass is 19.3. The van der Waals surface area contributed by atoms with Crippen LogP contribution in [0.3, 0.4) is 0 Å². The number of carbonyl (C=O) groups excluding carboxylic acids is 1. The first-order valence-electron chi connectivity index (χ1n) is 7.15. The molecule has 2 atom stereocenters. The first kappa shape index (κ1) is 14.0. The lowest BCUT2D eigenvalue weighted by Crippen LogP contribution is -2.45. The molecule has 2 heterocycles. The summed E-state index contributed by atoms with van der Waals surface area (Å²) in [6, 6.07) is 9.98. The summed E-state index contributed by atoms with van der Waals surface area (Å²) in [6.07, 6.45) is 4.45. The largest absolute Gasteiger partial charge is 0.414 e. The van der Waals surface area contributed by atoms with Crippen LogP contribution in [0.15, 0.2) is 35.9 Å². The molecule has 5 heteroatoms. The zero-order chi connectivity index (χ0) is 14.8. The van der Waals surface area contributed by atoms with Gasteiger partial charge in [0.05, 0.1) is 0 Å². The lowest BCUT2D eigenvalue weighted by Gasteiger charge is -2.35. The van der Waals surface area contributed by atoms with Crippen LogP contribution >= 0.6 is 0 Å². The van der Waals surface area contributed by atoms with Gasteiger partial charge in [0.2, 0.25) is 0 Å². The van der Waals surface area contributed by atoms with Gasteiger partial charge in [-0.25, -0.2) is 4.79 Å². The van der Waals surface area contributed by atoms with Crippen LogP contribution in [0.5, 0.6) is 0 Å². The molecule has 2 aliphatic rings. The summed E-state index contributed by atoms with van der Waals surface area (Å²) in [5, 5.41) is 0. The standard InChI is InChI=1S/C16H17F2NO2/c17-15(18)21-16(20)19-13-6-7-14(19)10-12(9-13)8-11-4-2-1-3-5-11/h1-5,8,13-15H,6-7,9-10H2. The molecule has 1 aromatic rings. The van der Waals surface area contributed by atoms with Crippen LogP contribution in [0.1, 0.15) is 31.2 Å². The average Bonchev–Trinajstić information content (AvgIpc) is 2.71. The Morgan fingerprint density at radius 1 is 1.19 bits per heavy atom. The molecule has 0 saturated carbocycles. The number of halogens is 2. The Morgan fingerprint density at radius 2 is 1.81 bits per heavy atom. The molecule has 112 valence electrons. The van der Waals surface area contributed by atoms with Crippen molar-refractivity contribution < 1.29 is 18.3 Å². The normalized spacial score (nSPS) is 24.3. The number of alkyl halides is 2. The topological polar surface area (TPSA) is 29.5 Å². The smallest absolute Gasteiger partial charge is 0.386 e. The number of amides is 1. The molecule has 3 nitrogen and oxygen atoms in total. The number of carbonyl (C=O) groups is 1. The van der Waals surface area contributed by atoms with Crippen molar-refractivity contribution in [3.63, 3.8) is 0 Å². The van der Waals surface area contributed by atoms with Crippen molar-refractivity contribution >= 4 is 12.2 Å². The van der Waals surface area contributed by atoms with Gasteiger partial charge in [-0.05, 0) is 31.2 Å². The highest BCUT2D eigenvalue weighted by Gasteiger charge is 2.42. The van der Waals surface area contributed by atoms with E-state index in [0.29, 0.717) is 0 Å². The summed E-state index contributed by atoms with van der Waals surface area (Å²) in [5.41, 5.74) is 2.41. The minimum absolute atomic E-state index is 0.00929. The number of nitrogens with zero attached hydrogens (tertiary/aromatic N) is 1. The van der Waals surface area contributed by atoms with Crippen LogP contribution in [0.2, 0.25) is 0 Å². The van der Waals surface area contributed by atoms with Gasteiger partial charge in [0.15, 0.2) is 0 Å². The van der Waals surface area contributed by atoms with Gasteiger partial charge in [-0.15, -0.1) is 0 Å². The first-order valence-corrected chi connectivity index (χ1v) is 7.15. The third-order valence-corrected chi connectivity index (χ3v) is 4.19. The van der Waals surface area contributed by atoms with Gasteiger partial charge in [-0.1, -0.05) is 42.0 Å². The van der Waals surface area contributed by atoms with E-state index in [0.717, 1.165) is 31.2 Å². The molecule has 0 aliphatic carbocycles. The number of hydrogen-bond donors (Lipinski definition) is 0. The fourth-order valence-corrected chi connectivity index (χ4v) is 3.39. The Morgan fingerprint density at radius 3 is 2.38 bits per heavy atom. The third kappa shape index (κ3) is 3.06. The predicted octanol–water partition coefficient (Wildman–Crippen LogP) is 4.06. The number of hydrogen-bond acceptors (Lipinski definition) is 2. The van der Waals surface area contributed by atoms with E-state index >= 15 is 0 Å². The minimum Gasteiger partial charge on any atom is -0.386 e. The second-order valence-electron chi connectivity index (χ2n) is 5.56. The Labute approximate surface area is 122 Å². The lowest BCUT2D eigenvalue weighted by molar-refractivity contribution is -0.0961. The van der Waals surface area contributed by atoms with Crippen molar-refractivity contribution in [1.82, 2.24) is 4.90 Å². The van der Waals surface area contributed by atoms with Crippen molar-refractivity contribution in [2.75, 3.05) is 0 Å². The maximum Gasteiger partial charge on any atom is 0.414 e. The number of ether oxygens (including phenoxy) is 1. The van der Waals surface area contributed by atoms with Crippen LogP contribution in [0, 0.1) is 0 Å². The average molecular weight is 293 g/mol. The SMILES string of the molecule is O=C(OC(F)F)N1C2CCC1CC(=Cc1ccccc1)C2. The first-order chi connectivity index (χ1) is 10.1. The monoisotopic (exact) mass is 293 g/mol. The van der Waals surface area contributed by atoms with Gasteiger partial charge in [0.25, 0.3) is 0 Å². The molecule has 0 spiro atoms. The molecule has 2 saturated heterocycles. The highest BCUT2D eigenvalue weighted by Crippen LogP contribution is 2.39. The second-order valence-corrected chi connectivity index (χ2v) is 5.56. The van der Waals surface area contributed by atoms with E-state index in [1.54, 1.807) is 0 Å². The highest BCUT2D eigenvalue weighted by molar-refractivity contribution is 5.70. The third-order valence-electron chi connectivity index (χ3n) is 4.19. The molecular weight excluding hydrogens is 276 g/mol. The second kappa shape index (κ2) is 5.84. The number of rotatable bonds is 2. The Bertz CT molecular complexity index is 528. The number of fused-ring (bicyclic) bond motifs is 2. The van der Waals surface area contributed by atoms with Crippen molar-refractivity contribution in [2.45, 2.75) is 44.4 Å². The predicted molar refractivity (Wildman–Crippen MR) is 74.8 cm³/mol. The summed E-state index contributed by atoms with van der Waals surface area (Å²) in [6.45, 7) is -3.04. The quantitative estimate of drug-likeness (QED) is 0.823. The van der Waals surface area contributed by atoms with Crippen molar-refractivity contribution in [3.8, 4) is 0 Å². The molecule has 1 aromatic carbocycles. The summed E-state index contributed by atoms with van der Waals surface area (Å²) >= 11 is 0. The van der Waals surface area contributed by atoms with E-state index in [4.69, 9.17) is 0 Å². The van der Waals surface area contributed by atoms with Crippen LogP contribution < -0.4 is 0 Å². The minimum atomic E-state index is -3.04. The summed E-state index contributed by atoms with van der Waals surface area (Å²) in [4.78, 5) is 13.2. The fraction of sp³-hybridized carbons (Fsp3) is 0.438. The van der Waals surface area contributed by atoms with Crippen molar-refractivity contribution in [1.29, 1.82) is 0 Å². The Balaban J connectivity index is 1.72. The van der Waals surface area contributed by atoms with E-state index in [1.807, 2.05) is 30.3 Å². The van der Waals surface area contributed by atoms with Crippen LogP contribution in [0.25, 0.3) is 6.08 Å². The van der Waals surface area contributed by atoms with E-state index < -0.39 is 12.7 Å². The Hall–Kier alpha value is -1.91. The molecule has 1 amide bonds. The molecule has 2 aliphatic heterocycles. The molecule has 0 aromatic heterocycles. The Kier molecular flexibility index (Phi) is 3.90. The van der Waals surface area contributed by atoms with Crippen LogP contribution in [0.4, 0.5) is 13.6 Å². The number of piperidine rings is 1. The van der Waals surface area contributed by atoms with E-state index in [1.165, 1.54) is 10.5 Å². The van der Waals surface area contributed by atoms with Crippen molar-refractivity contribution in [2.24, 2.45) is 0 Å². The lowest BCUT2D eigenvalue weighted by atomic mass is 9.95. The zero-order valence-corrected chi connectivity index (χ0v) is 11.5. The molecule has 2 bridgehead atoms. The van der Waals surface area contributed by atoms with Gasteiger partial charge in [0.1, 0.15) is 0 Å². The van der Waals surface area contributed by atoms with Gasteiger partial charge in [-0.2, -0.15) is 8.78 Å². The summed E-state index contributed by atoms with van der Waals surface area (Å²) < 4.78 is 28.5. The molecular formula is C16H17F2NO2. The van der Waals surface area contributed by atoms with E-state index in [2.05, 4.69) is 10.8 Å². The molecule has 3 rings (SSSR count). The number of benzene rings is 1. The van der Waals surface area contributed by atoms with Gasteiger partial charge >= 0.3 is 12.7 Å². The van der Waals surface area contributed by atoms with Crippen molar-refractivity contribution in [3.05, 3.63) is 41.5 Å². The molecule has 21 heavy (non-hydrogen) atoms. The van der Waals surface area contributed by atoms with Gasteiger partial charge in [0, 0.05) is 12.1 Å². The van der Waals surface area contributed by atoms with E-state index in [9.17, 15) is 13.6 Å².